The second-order valence-corrected chi connectivity index (χ2v) is 8.81. The normalized spacial score (nSPS) is 19.2. The van der Waals surface area contributed by atoms with Crippen molar-refractivity contribution in [3.8, 4) is 0 Å². The molecule has 1 N–H and O–H groups in total. The number of aromatic nitrogens is 2. The smallest absolute Gasteiger partial charge is 0.252 e. The molecule has 0 radical (unpaired) electrons. The fraction of sp³-hybridized carbons (Fsp3) is 0.360. The standard InChI is InChI=1S/C25H26F2N4O2/c26-19-5-6-22(27)18(14-19)2-1-11-28-20-9-12-29(13-10-20)15-21-16-30-23(32)7-3-17-4-8-24(33)31(21)25(17)30/h1-8,14,20-21,28H,9-13,15-16H2/b2-1+. The zero-order valence-corrected chi connectivity index (χ0v) is 18.2. The molecule has 0 saturated carbocycles. The molecule has 0 bridgehead atoms. The number of piperidine rings is 1. The highest BCUT2D eigenvalue weighted by Gasteiger charge is 2.29. The second kappa shape index (κ2) is 9.03. The van der Waals surface area contributed by atoms with Crippen molar-refractivity contribution < 1.29 is 8.78 Å². The average Bonchev–Trinajstić information content (AvgIpc) is 3.20. The van der Waals surface area contributed by atoms with Gasteiger partial charge in [-0.3, -0.25) is 18.7 Å². The number of hydrogen-bond donors (Lipinski definition) is 1. The molecule has 1 fully saturated rings. The minimum absolute atomic E-state index is 0.0510. The van der Waals surface area contributed by atoms with Crippen molar-refractivity contribution in [2.45, 2.75) is 31.5 Å². The largest absolute Gasteiger partial charge is 0.310 e. The lowest BCUT2D eigenvalue weighted by atomic mass is 10.0. The summed E-state index contributed by atoms with van der Waals surface area (Å²) < 4.78 is 30.4. The summed E-state index contributed by atoms with van der Waals surface area (Å²) in [6.07, 6.45) is 5.32. The average molecular weight is 453 g/mol. The van der Waals surface area contributed by atoms with Crippen molar-refractivity contribution in [2.24, 2.45) is 0 Å². The summed E-state index contributed by atoms with van der Waals surface area (Å²) >= 11 is 0. The number of nitrogens with zero attached hydrogens (tertiary/aromatic N) is 3. The first-order valence-corrected chi connectivity index (χ1v) is 11.3. The van der Waals surface area contributed by atoms with E-state index in [-0.39, 0.29) is 22.7 Å². The van der Waals surface area contributed by atoms with Gasteiger partial charge < -0.3 is 10.2 Å². The predicted molar refractivity (Wildman–Crippen MR) is 124 cm³/mol. The maximum atomic E-state index is 13.7. The van der Waals surface area contributed by atoms with Gasteiger partial charge in [-0.1, -0.05) is 12.2 Å². The van der Waals surface area contributed by atoms with E-state index in [4.69, 9.17) is 0 Å². The van der Waals surface area contributed by atoms with E-state index >= 15 is 0 Å². The molecule has 1 unspecified atom stereocenters. The van der Waals surface area contributed by atoms with Crippen LogP contribution in [0.2, 0.25) is 0 Å². The molecule has 0 spiro atoms. The van der Waals surface area contributed by atoms with Crippen LogP contribution in [0.5, 0.6) is 0 Å². The van der Waals surface area contributed by atoms with E-state index in [1.54, 1.807) is 39.5 Å². The molecule has 8 heteroatoms. The molecule has 5 rings (SSSR count). The Labute approximate surface area is 189 Å². The molecular formula is C25H26F2N4O2. The number of rotatable bonds is 6. The lowest BCUT2D eigenvalue weighted by Crippen LogP contribution is -2.44. The van der Waals surface area contributed by atoms with Crippen LogP contribution in [-0.2, 0) is 6.54 Å². The van der Waals surface area contributed by atoms with Crippen molar-refractivity contribution >= 4 is 17.1 Å². The van der Waals surface area contributed by atoms with Gasteiger partial charge in [-0.05, 0) is 56.3 Å². The Morgan fingerprint density at radius 3 is 2.55 bits per heavy atom. The van der Waals surface area contributed by atoms with Gasteiger partial charge in [0.2, 0.25) is 0 Å². The molecule has 4 heterocycles. The lowest BCUT2D eigenvalue weighted by molar-refractivity contribution is 0.173. The minimum Gasteiger partial charge on any atom is -0.310 e. The first-order valence-electron chi connectivity index (χ1n) is 11.3. The SMILES string of the molecule is O=c1ccc2ccc(=O)n3c2n1CC3CN1CCC(NC/C=C/c2cc(F)ccc2F)CC1. The van der Waals surface area contributed by atoms with E-state index in [1.807, 2.05) is 6.08 Å². The summed E-state index contributed by atoms with van der Waals surface area (Å²) in [5, 5.41) is 4.36. The Balaban J connectivity index is 1.15. The quantitative estimate of drug-likeness (QED) is 0.625. The van der Waals surface area contributed by atoms with Crippen LogP contribution in [0.3, 0.4) is 0 Å². The second-order valence-electron chi connectivity index (χ2n) is 8.81. The van der Waals surface area contributed by atoms with Gasteiger partial charge in [-0.2, -0.15) is 0 Å². The Kier molecular flexibility index (Phi) is 5.95. The molecule has 172 valence electrons. The van der Waals surface area contributed by atoms with Crippen LogP contribution in [0, 0.1) is 11.6 Å². The van der Waals surface area contributed by atoms with Crippen molar-refractivity contribution in [1.82, 2.24) is 19.4 Å². The third kappa shape index (κ3) is 4.41. The van der Waals surface area contributed by atoms with Gasteiger partial charge in [0.05, 0.1) is 6.04 Å². The maximum absolute atomic E-state index is 13.7. The zero-order chi connectivity index (χ0) is 22.9. The molecule has 1 atom stereocenters. The lowest BCUT2D eigenvalue weighted by Gasteiger charge is -2.34. The van der Waals surface area contributed by atoms with Crippen molar-refractivity contribution in [3.05, 3.63) is 86.4 Å². The number of hydrogen-bond acceptors (Lipinski definition) is 4. The maximum Gasteiger partial charge on any atom is 0.252 e. The summed E-state index contributed by atoms with van der Waals surface area (Å²) in [6.45, 7) is 3.62. The van der Waals surface area contributed by atoms with Gasteiger partial charge in [-0.15, -0.1) is 0 Å². The van der Waals surface area contributed by atoms with Gasteiger partial charge >= 0.3 is 0 Å². The van der Waals surface area contributed by atoms with E-state index in [2.05, 4.69) is 10.2 Å². The van der Waals surface area contributed by atoms with Crippen molar-refractivity contribution in [3.63, 3.8) is 0 Å². The first kappa shape index (κ1) is 21.7. The van der Waals surface area contributed by atoms with E-state index in [0.717, 1.165) is 55.6 Å². The third-order valence-electron chi connectivity index (χ3n) is 6.65. The molecule has 2 aliphatic heterocycles. The summed E-state index contributed by atoms with van der Waals surface area (Å²) in [6, 6.07) is 10.4. The Morgan fingerprint density at radius 2 is 1.76 bits per heavy atom. The van der Waals surface area contributed by atoms with Crippen LogP contribution >= 0.6 is 0 Å². The topological polar surface area (TPSA) is 59.3 Å². The molecule has 2 aromatic heterocycles. The summed E-state index contributed by atoms with van der Waals surface area (Å²) in [4.78, 5) is 27.2. The fourth-order valence-corrected chi connectivity index (χ4v) is 4.97. The zero-order valence-electron chi connectivity index (χ0n) is 18.2. The summed E-state index contributed by atoms with van der Waals surface area (Å²) in [7, 11) is 0. The molecule has 0 amide bonds. The molecule has 6 nitrogen and oxygen atoms in total. The van der Waals surface area contributed by atoms with Crippen molar-refractivity contribution in [1.29, 1.82) is 0 Å². The van der Waals surface area contributed by atoms with E-state index in [0.29, 0.717) is 19.1 Å². The van der Waals surface area contributed by atoms with Crippen LogP contribution in [0.15, 0.2) is 58.1 Å². The monoisotopic (exact) mass is 452 g/mol. The molecule has 1 aromatic carbocycles. The number of pyridine rings is 2. The minimum atomic E-state index is -0.454. The molecule has 0 aliphatic carbocycles. The molecular weight excluding hydrogens is 426 g/mol. The fourth-order valence-electron chi connectivity index (χ4n) is 4.97. The van der Waals surface area contributed by atoms with Gasteiger partial charge in [0.25, 0.3) is 11.1 Å². The van der Waals surface area contributed by atoms with Gasteiger partial charge in [0.15, 0.2) is 0 Å². The Morgan fingerprint density at radius 1 is 1.00 bits per heavy atom. The highest BCUT2D eigenvalue weighted by molar-refractivity contribution is 5.76. The highest BCUT2D eigenvalue weighted by atomic mass is 19.1. The van der Waals surface area contributed by atoms with Gasteiger partial charge in [0.1, 0.15) is 17.3 Å². The number of halogens is 2. The van der Waals surface area contributed by atoms with Crippen LogP contribution in [-0.4, -0.2) is 46.3 Å². The van der Waals surface area contributed by atoms with Crippen LogP contribution in [0.1, 0.15) is 24.4 Å². The van der Waals surface area contributed by atoms with Crippen LogP contribution in [0.4, 0.5) is 8.78 Å². The first-order chi connectivity index (χ1) is 16.0. The molecule has 1 saturated heterocycles. The number of benzene rings is 1. The summed E-state index contributed by atoms with van der Waals surface area (Å²) in [5.74, 6) is -0.891. The van der Waals surface area contributed by atoms with E-state index in [9.17, 15) is 18.4 Å². The van der Waals surface area contributed by atoms with E-state index < -0.39 is 11.6 Å². The number of likely N-dealkylation sites (tertiary alicyclic amines) is 1. The molecule has 3 aromatic rings. The van der Waals surface area contributed by atoms with Crippen LogP contribution in [0.25, 0.3) is 17.1 Å². The van der Waals surface area contributed by atoms with E-state index in [1.165, 1.54) is 6.07 Å². The molecule has 2 aliphatic rings. The van der Waals surface area contributed by atoms with Crippen LogP contribution < -0.4 is 16.4 Å². The summed E-state index contributed by atoms with van der Waals surface area (Å²) in [5.41, 5.74) is 0.826. The highest BCUT2D eigenvalue weighted by Crippen LogP contribution is 2.25. The number of nitrogens with one attached hydrogen (secondary N) is 1. The predicted octanol–water partition coefficient (Wildman–Crippen LogP) is 2.76. The van der Waals surface area contributed by atoms with Gasteiger partial charge in [0, 0.05) is 48.8 Å². The third-order valence-corrected chi connectivity index (χ3v) is 6.65. The Hall–Kier alpha value is -3.10. The molecule has 33 heavy (non-hydrogen) atoms. The van der Waals surface area contributed by atoms with Crippen molar-refractivity contribution in [2.75, 3.05) is 26.2 Å². The van der Waals surface area contributed by atoms with Gasteiger partial charge in [-0.25, -0.2) is 8.78 Å². The Bertz CT molecular complexity index is 1320.